The molecule has 38 valence electrons. The van der Waals surface area contributed by atoms with E-state index >= 15 is 0 Å². The van der Waals surface area contributed by atoms with Crippen LogP contribution in [0.3, 0.4) is 0 Å². The molecule has 0 saturated carbocycles. The SMILES string of the molecule is [CH2]=[Pt]=[CH2].[NH2-].[NH2-]. The average molecular weight is 255 g/mol. The normalized spacial score (nSPS) is 4.00. The quantitative estimate of drug-likeness (QED) is 0.627. The molecule has 0 aliphatic rings. The van der Waals surface area contributed by atoms with E-state index in [2.05, 4.69) is 9.81 Å². The third-order valence-corrected chi connectivity index (χ3v) is 0. The van der Waals surface area contributed by atoms with Crippen molar-refractivity contribution in [2.24, 2.45) is 0 Å². The van der Waals surface area contributed by atoms with E-state index in [9.17, 15) is 0 Å². The van der Waals surface area contributed by atoms with E-state index in [4.69, 9.17) is 0 Å². The smallest absolute Gasteiger partial charge is 0.693 e. The van der Waals surface area contributed by atoms with Crippen molar-refractivity contribution < 1.29 is 17.6 Å². The van der Waals surface area contributed by atoms with E-state index in [1.807, 2.05) is 0 Å². The average Bonchev–Trinajstić information content (AvgIpc) is 0.918. The van der Waals surface area contributed by atoms with Gasteiger partial charge in [0.05, 0.1) is 0 Å². The molecule has 0 rings (SSSR count). The number of nitrogens with two attached hydrogens (primary N) is 2. The van der Waals surface area contributed by atoms with E-state index < -0.39 is 0 Å². The van der Waals surface area contributed by atoms with Gasteiger partial charge in [-0.25, -0.2) is 0 Å². The fourth-order valence-electron chi connectivity index (χ4n) is 0. The maximum absolute atomic E-state index is 3.49. The van der Waals surface area contributed by atoms with Crippen molar-refractivity contribution in [3.8, 4) is 0 Å². The molecule has 0 amide bonds. The summed E-state index contributed by atoms with van der Waals surface area (Å²) in [6.07, 6.45) is 0. The minimum absolute atomic E-state index is 0. The number of hydrogen-bond acceptors (Lipinski definition) is 0. The van der Waals surface area contributed by atoms with Crippen molar-refractivity contribution >= 4 is 9.81 Å². The predicted molar refractivity (Wildman–Crippen MR) is 24.8 cm³/mol. The summed E-state index contributed by atoms with van der Waals surface area (Å²) in [5, 5.41) is 0. The monoisotopic (exact) mass is 255 g/mol. The van der Waals surface area contributed by atoms with E-state index in [-0.39, 0.29) is 29.9 Å². The Morgan fingerprint density at radius 2 is 1.00 bits per heavy atom. The summed E-state index contributed by atoms with van der Waals surface area (Å²) in [7, 11) is 0. The fraction of sp³-hybridized carbons (Fsp3) is 0. The van der Waals surface area contributed by atoms with E-state index in [0.717, 1.165) is 0 Å². The molecule has 0 aliphatic carbocycles. The maximum atomic E-state index is 3.49. The third kappa shape index (κ3) is 198. The van der Waals surface area contributed by atoms with E-state index in [0.29, 0.717) is 0 Å². The van der Waals surface area contributed by atoms with Crippen LogP contribution < -0.4 is 0 Å². The topological polar surface area (TPSA) is 67.0 Å². The maximum Gasteiger partial charge on any atom is -0.693 e. The molecule has 0 heterocycles. The molecule has 2 nitrogen and oxygen atoms in total. The van der Waals surface area contributed by atoms with Gasteiger partial charge in [-0.15, -0.1) is 0 Å². The first-order valence-corrected chi connectivity index (χ1v) is 3.66. The Labute approximate surface area is 40.3 Å². The van der Waals surface area contributed by atoms with Crippen LogP contribution in [0.1, 0.15) is 0 Å². The van der Waals surface area contributed by atoms with Crippen molar-refractivity contribution in [2.75, 3.05) is 0 Å². The molecule has 0 saturated heterocycles. The molecular formula is C2H8N2Pt-2. The first kappa shape index (κ1) is 18.3. The Bertz CT molecular complexity index is 28.6. The zero-order chi connectivity index (χ0) is 2.71. The van der Waals surface area contributed by atoms with Gasteiger partial charge in [0.15, 0.2) is 0 Å². The van der Waals surface area contributed by atoms with Gasteiger partial charge in [-0.1, -0.05) is 0 Å². The molecule has 0 aromatic heterocycles. The minimum atomic E-state index is 0. The third-order valence-electron chi connectivity index (χ3n) is 0. The molecular weight excluding hydrogens is 247 g/mol. The Balaban J connectivity index is -0.0000000200. The summed E-state index contributed by atoms with van der Waals surface area (Å²) in [4.78, 5) is 6.97. The molecule has 0 aromatic carbocycles. The number of rotatable bonds is 0. The Hall–Kier alpha value is 0.348. The zero-order valence-corrected chi connectivity index (χ0v) is 5.16. The summed E-state index contributed by atoms with van der Waals surface area (Å²) in [5.41, 5.74) is 0. The van der Waals surface area contributed by atoms with Crippen molar-refractivity contribution in [3.05, 3.63) is 12.3 Å². The van der Waals surface area contributed by atoms with Crippen LogP contribution in [-0.4, -0.2) is 9.81 Å². The molecule has 0 fully saturated rings. The first-order chi connectivity index (χ1) is 1.41. The second-order valence-electron chi connectivity index (χ2n) is 0.158. The molecule has 0 spiro atoms. The van der Waals surface area contributed by atoms with Crippen LogP contribution >= 0.6 is 0 Å². The summed E-state index contributed by atoms with van der Waals surface area (Å²) >= 11 is 0.0833. The second kappa shape index (κ2) is 26.8. The predicted octanol–water partition coefficient (Wildman–Crippen LogP) is 1.37. The van der Waals surface area contributed by atoms with Crippen molar-refractivity contribution in [1.29, 1.82) is 0 Å². The van der Waals surface area contributed by atoms with E-state index in [1.54, 1.807) is 0 Å². The Morgan fingerprint density at radius 1 is 1.00 bits per heavy atom. The van der Waals surface area contributed by atoms with Gasteiger partial charge in [-0.3, -0.25) is 0 Å². The molecule has 0 radical (unpaired) electrons. The zero-order valence-electron chi connectivity index (χ0n) is 2.89. The van der Waals surface area contributed by atoms with Crippen molar-refractivity contribution in [2.45, 2.75) is 0 Å². The molecule has 4 N–H and O–H groups in total. The van der Waals surface area contributed by atoms with Crippen LogP contribution in [0, 0.1) is 0 Å². The largest absolute Gasteiger partial charge is 0.693 e. The molecule has 0 aromatic rings. The molecule has 3 heteroatoms. The summed E-state index contributed by atoms with van der Waals surface area (Å²) in [5.74, 6) is 0. The molecule has 0 unspecified atom stereocenters. The minimum Gasteiger partial charge on any atom is -0.693 e. The van der Waals surface area contributed by atoms with Gasteiger partial charge in [-0.05, 0) is 0 Å². The van der Waals surface area contributed by atoms with Crippen LogP contribution in [0.4, 0.5) is 0 Å². The second-order valence-corrected chi connectivity index (χ2v) is 1.29. The van der Waals surface area contributed by atoms with Gasteiger partial charge in [-0.2, -0.15) is 0 Å². The summed E-state index contributed by atoms with van der Waals surface area (Å²) < 4.78 is 0. The number of hydrogen-bond donors (Lipinski definition) is 0. The van der Waals surface area contributed by atoms with Gasteiger partial charge in [0.2, 0.25) is 0 Å². The summed E-state index contributed by atoms with van der Waals surface area (Å²) in [6, 6.07) is 0. The van der Waals surface area contributed by atoms with Crippen LogP contribution in [-0.2, 0) is 17.6 Å². The van der Waals surface area contributed by atoms with Crippen LogP contribution in [0.15, 0.2) is 0 Å². The first-order valence-electron chi connectivity index (χ1n) is 0.447. The molecule has 0 atom stereocenters. The Kier molecular flexibility index (Phi) is 98.3. The standard InChI is InChI=1S/2CH2.2H2N.Pt/h4*1H2;/q;;2*-1;. The van der Waals surface area contributed by atoms with Crippen LogP contribution in [0.25, 0.3) is 12.3 Å². The Morgan fingerprint density at radius 3 is 1.00 bits per heavy atom. The van der Waals surface area contributed by atoms with Gasteiger partial charge < -0.3 is 12.3 Å². The molecule has 0 aliphatic heterocycles. The van der Waals surface area contributed by atoms with Crippen molar-refractivity contribution in [3.63, 3.8) is 0 Å². The fourth-order valence-corrected chi connectivity index (χ4v) is 0. The van der Waals surface area contributed by atoms with Crippen molar-refractivity contribution in [1.82, 2.24) is 0 Å². The van der Waals surface area contributed by atoms with Gasteiger partial charge >= 0.3 is 27.4 Å². The van der Waals surface area contributed by atoms with Crippen LogP contribution in [0.5, 0.6) is 0 Å². The molecule has 0 bridgehead atoms. The van der Waals surface area contributed by atoms with Gasteiger partial charge in [0, 0.05) is 0 Å². The molecule has 5 heavy (non-hydrogen) atoms. The summed E-state index contributed by atoms with van der Waals surface area (Å²) in [6.45, 7) is 0. The van der Waals surface area contributed by atoms with Gasteiger partial charge in [0.25, 0.3) is 0 Å². The van der Waals surface area contributed by atoms with Crippen LogP contribution in [0.2, 0.25) is 0 Å². The van der Waals surface area contributed by atoms with Gasteiger partial charge in [0.1, 0.15) is 0 Å². The van der Waals surface area contributed by atoms with E-state index in [1.165, 1.54) is 0 Å².